The Bertz CT molecular complexity index is 392. The van der Waals surface area contributed by atoms with E-state index in [0.29, 0.717) is 0 Å². The molecule has 0 saturated carbocycles. The maximum Gasteiger partial charge on any atom is 0.133 e. The fourth-order valence-electron chi connectivity index (χ4n) is 1.86. The molecule has 96 valence electrons. The number of alkyl halides is 2. The van der Waals surface area contributed by atoms with Crippen molar-refractivity contribution in [3.8, 4) is 0 Å². The van der Waals surface area contributed by atoms with Crippen LogP contribution in [0, 0.1) is 0 Å². The van der Waals surface area contributed by atoms with E-state index in [9.17, 15) is 0 Å². The van der Waals surface area contributed by atoms with Gasteiger partial charge in [0.05, 0.1) is 0 Å². The van der Waals surface area contributed by atoms with Gasteiger partial charge in [0.2, 0.25) is 0 Å². The highest BCUT2D eigenvalue weighted by atomic mass is 35.5. The first-order valence-electron chi connectivity index (χ1n) is 5.96. The van der Waals surface area contributed by atoms with Crippen LogP contribution in [-0.4, -0.2) is 0 Å². The average molecular weight is 273 g/mol. The summed E-state index contributed by atoms with van der Waals surface area (Å²) in [7, 11) is 0. The van der Waals surface area contributed by atoms with E-state index in [1.807, 2.05) is 0 Å². The molecule has 0 N–H and O–H groups in total. The monoisotopic (exact) mass is 272 g/mol. The van der Waals surface area contributed by atoms with E-state index >= 15 is 0 Å². The topological polar surface area (TPSA) is 0 Å². The van der Waals surface area contributed by atoms with Gasteiger partial charge in [-0.1, -0.05) is 59.7 Å². The van der Waals surface area contributed by atoms with Crippen molar-refractivity contribution in [1.29, 1.82) is 0 Å². The Morgan fingerprint density at radius 1 is 0.882 bits per heavy atom. The summed E-state index contributed by atoms with van der Waals surface area (Å²) in [5.41, 5.74) is 3.78. The molecule has 1 rings (SSSR count). The summed E-state index contributed by atoms with van der Waals surface area (Å²) in [6.45, 7) is 13.2. The van der Waals surface area contributed by atoms with Crippen LogP contribution in [-0.2, 0) is 10.8 Å². The first kappa shape index (κ1) is 14.9. The van der Waals surface area contributed by atoms with E-state index in [1.165, 1.54) is 11.1 Å². The second-order valence-corrected chi connectivity index (χ2v) is 7.70. The molecule has 0 unspecified atom stereocenters. The molecule has 0 aliphatic rings. The summed E-state index contributed by atoms with van der Waals surface area (Å²) in [6, 6.07) is 6.43. The zero-order chi connectivity index (χ0) is 13.4. The molecule has 2 heteroatoms. The van der Waals surface area contributed by atoms with E-state index < -0.39 is 4.84 Å². The zero-order valence-corrected chi connectivity index (χ0v) is 13.1. The Hall–Kier alpha value is -0.200. The lowest BCUT2D eigenvalue weighted by Gasteiger charge is -2.27. The molecule has 0 amide bonds. The molecule has 0 nitrogen and oxygen atoms in total. The van der Waals surface area contributed by atoms with Gasteiger partial charge in [0.25, 0.3) is 0 Å². The van der Waals surface area contributed by atoms with Crippen LogP contribution in [0.4, 0.5) is 0 Å². The van der Waals surface area contributed by atoms with E-state index in [1.54, 1.807) is 0 Å². The van der Waals surface area contributed by atoms with Gasteiger partial charge in [-0.25, -0.2) is 0 Å². The number of hydrogen-bond donors (Lipinski definition) is 0. The fourth-order valence-corrected chi connectivity index (χ4v) is 2.24. The Morgan fingerprint density at radius 2 is 1.41 bits per heavy atom. The third kappa shape index (κ3) is 3.63. The SMILES string of the molecule is CC(C)(C)c1ccc(C(Cl)Cl)c(C(C)(C)C)c1. The van der Waals surface area contributed by atoms with Crippen molar-refractivity contribution in [2.75, 3.05) is 0 Å². The molecule has 0 radical (unpaired) electrons. The van der Waals surface area contributed by atoms with Gasteiger partial charge in [-0.15, -0.1) is 23.2 Å². The summed E-state index contributed by atoms with van der Waals surface area (Å²) in [6.07, 6.45) is 0. The third-order valence-electron chi connectivity index (χ3n) is 2.96. The van der Waals surface area contributed by atoms with Crippen molar-refractivity contribution in [1.82, 2.24) is 0 Å². The van der Waals surface area contributed by atoms with Crippen LogP contribution < -0.4 is 0 Å². The van der Waals surface area contributed by atoms with Gasteiger partial charge in [-0.2, -0.15) is 0 Å². The zero-order valence-electron chi connectivity index (χ0n) is 11.6. The molecule has 0 aliphatic carbocycles. The molecular weight excluding hydrogens is 251 g/mol. The quantitative estimate of drug-likeness (QED) is 0.571. The van der Waals surface area contributed by atoms with Crippen LogP contribution in [0.5, 0.6) is 0 Å². The molecule has 17 heavy (non-hydrogen) atoms. The summed E-state index contributed by atoms with van der Waals surface area (Å²) in [5, 5.41) is 0. The molecule has 0 saturated heterocycles. The molecule has 1 aromatic rings. The van der Waals surface area contributed by atoms with Gasteiger partial charge in [-0.05, 0) is 27.5 Å². The van der Waals surface area contributed by atoms with Crippen molar-refractivity contribution >= 4 is 23.2 Å². The minimum Gasteiger partial charge on any atom is -0.100 e. The van der Waals surface area contributed by atoms with Gasteiger partial charge in [0.1, 0.15) is 4.84 Å². The Kier molecular flexibility index (Phi) is 4.21. The Morgan fingerprint density at radius 3 is 1.76 bits per heavy atom. The second-order valence-electron chi connectivity index (χ2n) is 6.60. The highest BCUT2D eigenvalue weighted by Gasteiger charge is 2.24. The van der Waals surface area contributed by atoms with Gasteiger partial charge in [0.15, 0.2) is 0 Å². The van der Waals surface area contributed by atoms with Gasteiger partial charge >= 0.3 is 0 Å². The normalized spacial score (nSPS) is 13.2. The summed E-state index contributed by atoms with van der Waals surface area (Å²) in [5.74, 6) is 0. The van der Waals surface area contributed by atoms with E-state index in [0.717, 1.165) is 5.56 Å². The third-order valence-corrected chi connectivity index (χ3v) is 3.43. The number of hydrogen-bond acceptors (Lipinski definition) is 0. The smallest absolute Gasteiger partial charge is 0.100 e. The molecule has 0 fully saturated rings. The van der Waals surface area contributed by atoms with Gasteiger partial charge in [0, 0.05) is 0 Å². The Balaban J connectivity index is 3.41. The summed E-state index contributed by atoms with van der Waals surface area (Å²) in [4.78, 5) is -0.460. The molecule has 0 heterocycles. The van der Waals surface area contributed by atoms with Crippen molar-refractivity contribution in [3.05, 3.63) is 34.9 Å². The lowest BCUT2D eigenvalue weighted by molar-refractivity contribution is 0.565. The molecule has 0 atom stereocenters. The van der Waals surface area contributed by atoms with Crippen LogP contribution in [0.3, 0.4) is 0 Å². The van der Waals surface area contributed by atoms with Gasteiger partial charge < -0.3 is 0 Å². The highest BCUT2D eigenvalue weighted by Crippen LogP contribution is 2.37. The average Bonchev–Trinajstić information content (AvgIpc) is 2.14. The molecule has 0 aliphatic heterocycles. The minimum atomic E-state index is -0.460. The van der Waals surface area contributed by atoms with E-state index in [2.05, 4.69) is 59.7 Å². The molecule has 1 aromatic carbocycles. The van der Waals surface area contributed by atoms with Crippen LogP contribution in [0.25, 0.3) is 0 Å². The largest absolute Gasteiger partial charge is 0.133 e. The van der Waals surface area contributed by atoms with Gasteiger partial charge in [-0.3, -0.25) is 0 Å². The highest BCUT2D eigenvalue weighted by molar-refractivity contribution is 6.44. The number of halogens is 2. The van der Waals surface area contributed by atoms with Crippen LogP contribution in [0.2, 0.25) is 0 Å². The number of benzene rings is 1. The Labute approximate surface area is 115 Å². The van der Waals surface area contributed by atoms with Crippen molar-refractivity contribution < 1.29 is 0 Å². The first-order valence-corrected chi connectivity index (χ1v) is 6.84. The fraction of sp³-hybridized carbons (Fsp3) is 0.600. The lowest BCUT2D eigenvalue weighted by atomic mass is 9.79. The molecule has 0 aromatic heterocycles. The van der Waals surface area contributed by atoms with Crippen LogP contribution >= 0.6 is 23.2 Å². The minimum absolute atomic E-state index is 0.0542. The predicted molar refractivity (Wildman–Crippen MR) is 78.3 cm³/mol. The number of rotatable bonds is 1. The predicted octanol–water partition coefficient (Wildman–Crippen LogP) is 5.76. The first-order chi connectivity index (χ1) is 7.53. The van der Waals surface area contributed by atoms with Crippen molar-refractivity contribution in [2.45, 2.75) is 57.2 Å². The molecular formula is C15H22Cl2. The van der Waals surface area contributed by atoms with Crippen molar-refractivity contribution in [2.24, 2.45) is 0 Å². The standard InChI is InChI=1S/C15H22Cl2/c1-14(2,3)10-7-8-11(13(16)17)12(9-10)15(4,5)6/h7-9,13H,1-6H3. The lowest BCUT2D eigenvalue weighted by Crippen LogP contribution is -2.18. The van der Waals surface area contributed by atoms with Crippen LogP contribution in [0.1, 0.15) is 63.1 Å². The van der Waals surface area contributed by atoms with Crippen LogP contribution in [0.15, 0.2) is 18.2 Å². The molecule has 0 bridgehead atoms. The molecule has 0 spiro atoms. The maximum absolute atomic E-state index is 6.05. The van der Waals surface area contributed by atoms with E-state index in [-0.39, 0.29) is 10.8 Å². The maximum atomic E-state index is 6.05. The second kappa shape index (κ2) is 4.82. The summed E-state index contributed by atoms with van der Waals surface area (Å²) < 4.78 is 0. The van der Waals surface area contributed by atoms with Crippen molar-refractivity contribution in [3.63, 3.8) is 0 Å². The summed E-state index contributed by atoms with van der Waals surface area (Å²) >= 11 is 12.1. The van der Waals surface area contributed by atoms with E-state index in [4.69, 9.17) is 23.2 Å².